The van der Waals surface area contributed by atoms with Gasteiger partial charge in [-0.3, -0.25) is 4.79 Å². The monoisotopic (exact) mass is 167 g/mol. The van der Waals surface area contributed by atoms with Crippen molar-refractivity contribution in [3.63, 3.8) is 0 Å². The van der Waals surface area contributed by atoms with Gasteiger partial charge in [0.05, 0.1) is 0 Å². The van der Waals surface area contributed by atoms with E-state index in [1.807, 2.05) is 0 Å². The van der Waals surface area contributed by atoms with Crippen LogP contribution in [-0.4, -0.2) is 12.5 Å². The summed E-state index contributed by atoms with van der Waals surface area (Å²) in [5.74, 6) is 0. The summed E-state index contributed by atoms with van der Waals surface area (Å²) >= 11 is 5.63. The van der Waals surface area contributed by atoms with Gasteiger partial charge in [0.1, 0.15) is 0 Å². The van der Waals surface area contributed by atoms with Crippen molar-refractivity contribution in [3.8, 4) is 0 Å². The number of hydrogen-bond acceptors (Lipinski definition) is 2. The number of aldehydes is 1. The van der Waals surface area contributed by atoms with Gasteiger partial charge in [-0.1, -0.05) is 11.6 Å². The van der Waals surface area contributed by atoms with E-state index >= 15 is 0 Å². The molecule has 0 aliphatic carbocycles. The molecule has 0 unspecified atom stereocenters. The van der Waals surface area contributed by atoms with Crippen molar-refractivity contribution in [2.24, 2.45) is 0 Å². The van der Waals surface area contributed by atoms with E-state index in [0.717, 1.165) is 6.21 Å². The first-order valence-corrected chi connectivity index (χ1v) is 3.41. The highest BCUT2D eigenvalue weighted by Crippen LogP contribution is 2.12. The van der Waals surface area contributed by atoms with Crippen molar-refractivity contribution >= 4 is 24.1 Å². The van der Waals surface area contributed by atoms with Gasteiger partial charge in [-0.05, 0) is 18.2 Å². The fourth-order valence-electron chi connectivity index (χ4n) is 0.778. The fourth-order valence-corrected chi connectivity index (χ4v) is 0.958. The third-order valence-corrected chi connectivity index (χ3v) is 1.57. The maximum atomic E-state index is 10.4. The average molecular weight is 168 g/mol. The Kier molecular flexibility index (Phi) is 2.39. The molecule has 3 heteroatoms. The minimum atomic E-state index is 0.490. The lowest BCUT2D eigenvalue weighted by molar-refractivity contribution is 0.112. The average Bonchev–Trinajstić information content (AvgIpc) is 2.04. The Labute approximate surface area is 69.3 Å². The zero-order valence-corrected chi connectivity index (χ0v) is 6.43. The summed E-state index contributed by atoms with van der Waals surface area (Å²) in [6.45, 7) is 0. The summed E-state index contributed by atoms with van der Waals surface area (Å²) in [5, 5.41) is 7.48. The van der Waals surface area contributed by atoms with Crippen molar-refractivity contribution in [3.05, 3.63) is 34.3 Å². The molecule has 11 heavy (non-hydrogen) atoms. The van der Waals surface area contributed by atoms with Crippen LogP contribution in [0.5, 0.6) is 0 Å². The molecule has 1 N–H and O–H groups in total. The number of rotatable bonds is 2. The van der Waals surface area contributed by atoms with E-state index in [0.29, 0.717) is 22.4 Å². The van der Waals surface area contributed by atoms with Gasteiger partial charge in [0.15, 0.2) is 6.29 Å². The molecule has 1 rings (SSSR count). The van der Waals surface area contributed by atoms with E-state index in [4.69, 9.17) is 17.0 Å². The molecule has 0 aromatic heterocycles. The number of benzene rings is 1. The van der Waals surface area contributed by atoms with Gasteiger partial charge in [0.25, 0.3) is 0 Å². The molecular weight excluding hydrogens is 162 g/mol. The highest BCUT2D eigenvalue weighted by molar-refractivity contribution is 6.31. The summed E-state index contributed by atoms with van der Waals surface area (Å²) in [6.07, 6.45) is 1.81. The molecule has 1 aromatic carbocycles. The van der Waals surface area contributed by atoms with Gasteiger partial charge >= 0.3 is 0 Å². The lowest BCUT2D eigenvalue weighted by atomic mass is 10.1. The second-order valence-electron chi connectivity index (χ2n) is 2.04. The van der Waals surface area contributed by atoms with Crippen LogP contribution in [0.4, 0.5) is 0 Å². The van der Waals surface area contributed by atoms with Crippen LogP contribution in [0.2, 0.25) is 5.02 Å². The molecule has 0 saturated heterocycles. The summed E-state index contributed by atoms with van der Waals surface area (Å²) < 4.78 is 0. The van der Waals surface area contributed by atoms with Crippen LogP contribution in [0.15, 0.2) is 18.2 Å². The van der Waals surface area contributed by atoms with Crippen molar-refractivity contribution in [1.29, 1.82) is 5.41 Å². The molecule has 0 bridgehead atoms. The minimum absolute atomic E-state index is 0.490. The lowest BCUT2D eigenvalue weighted by Gasteiger charge is -1.96. The Morgan fingerprint density at radius 2 is 2.09 bits per heavy atom. The smallest absolute Gasteiger partial charge is 0.150 e. The predicted molar refractivity (Wildman–Crippen MR) is 44.7 cm³/mol. The molecule has 0 aliphatic rings. The van der Waals surface area contributed by atoms with Crippen LogP contribution in [0.25, 0.3) is 0 Å². The largest absolute Gasteiger partial charge is 0.308 e. The van der Waals surface area contributed by atoms with Crippen molar-refractivity contribution in [2.45, 2.75) is 0 Å². The Hall–Kier alpha value is -1.15. The van der Waals surface area contributed by atoms with Gasteiger partial charge in [0, 0.05) is 22.4 Å². The molecule has 0 saturated carbocycles. The highest BCUT2D eigenvalue weighted by atomic mass is 35.5. The topological polar surface area (TPSA) is 40.9 Å². The van der Waals surface area contributed by atoms with Crippen molar-refractivity contribution in [2.75, 3.05) is 0 Å². The standard InChI is InChI=1S/C8H6ClNO/c9-8-2-1-6(5-11)7(3-8)4-10/h1-5,10H. The van der Waals surface area contributed by atoms with Gasteiger partial charge < -0.3 is 5.41 Å². The summed E-state index contributed by atoms with van der Waals surface area (Å²) in [4.78, 5) is 10.4. The molecule has 0 heterocycles. The van der Waals surface area contributed by atoms with Crippen LogP contribution >= 0.6 is 11.6 Å². The normalized spacial score (nSPS) is 9.18. The zero-order chi connectivity index (χ0) is 8.27. The number of nitrogens with one attached hydrogen (secondary N) is 1. The van der Waals surface area contributed by atoms with Crippen LogP contribution in [0, 0.1) is 5.41 Å². The zero-order valence-electron chi connectivity index (χ0n) is 5.67. The van der Waals surface area contributed by atoms with E-state index in [-0.39, 0.29) is 0 Å². The lowest BCUT2D eigenvalue weighted by Crippen LogP contribution is -1.89. The minimum Gasteiger partial charge on any atom is -0.308 e. The van der Waals surface area contributed by atoms with Crippen LogP contribution in [0.3, 0.4) is 0 Å². The predicted octanol–water partition coefficient (Wildman–Crippen LogP) is 2.15. The number of carbonyl (C=O) groups excluding carboxylic acids is 1. The molecule has 2 nitrogen and oxygen atoms in total. The van der Waals surface area contributed by atoms with Gasteiger partial charge in [-0.15, -0.1) is 0 Å². The Bertz CT molecular complexity index is 296. The number of carbonyl (C=O) groups is 1. The molecule has 0 atom stereocenters. The molecule has 0 aliphatic heterocycles. The first kappa shape index (κ1) is 7.95. The first-order chi connectivity index (χ1) is 5.27. The maximum Gasteiger partial charge on any atom is 0.150 e. The Morgan fingerprint density at radius 1 is 1.36 bits per heavy atom. The fraction of sp³-hybridized carbons (Fsp3) is 0. The summed E-state index contributed by atoms with van der Waals surface area (Å²) in [5.41, 5.74) is 1.04. The number of hydrogen-bond donors (Lipinski definition) is 1. The first-order valence-electron chi connectivity index (χ1n) is 3.03. The second kappa shape index (κ2) is 3.30. The third-order valence-electron chi connectivity index (χ3n) is 1.33. The van der Waals surface area contributed by atoms with Crippen molar-refractivity contribution < 1.29 is 4.79 Å². The molecule has 0 radical (unpaired) electrons. The summed E-state index contributed by atoms with van der Waals surface area (Å²) in [6, 6.07) is 4.80. The quantitative estimate of drug-likeness (QED) is 0.532. The molecule has 0 amide bonds. The van der Waals surface area contributed by atoms with E-state index < -0.39 is 0 Å². The van der Waals surface area contributed by atoms with Gasteiger partial charge in [-0.2, -0.15) is 0 Å². The molecule has 0 spiro atoms. The van der Waals surface area contributed by atoms with Crippen LogP contribution in [-0.2, 0) is 0 Å². The molecule has 1 aromatic rings. The molecule has 0 fully saturated rings. The highest BCUT2D eigenvalue weighted by Gasteiger charge is 1.97. The van der Waals surface area contributed by atoms with E-state index in [9.17, 15) is 4.79 Å². The Morgan fingerprint density at radius 3 is 2.64 bits per heavy atom. The second-order valence-corrected chi connectivity index (χ2v) is 2.47. The van der Waals surface area contributed by atoms with Crippen LogP contribution in [0.1, 0.15) is 15.9 Å². The van der Waals surface area contributed by atoms with E-state index in [1.165, 1.54) is 0 Å². The van der Waals surface area contributed by atoms with Gasteiger partial charge in [0.2, 0.25) is 0 Å². The summed E-state index contributed by atoms with van der Waals surface area (Å²) in [7, 11) is 0. The molecule has 56 valence electrons. The van der Waals surface area contributed by atoms with Crippen LogP contribution < -0.4 is 0 Å². The van der Waals surface area contributed by atoms with Crippen molar-refractivity contribution in [1.82, 2.24) is 0 Å². The Balaban J connectivity index is 3.26. The number of halogens is 1. The van der Waals surface area contributed by atoms with Gasteiger partial charge in [-0.25, -0.2) is 0 Å². The SMILES string of the molecule is N=Cc1cc(Cl)ccc1C=O. The van der Waals surface area contributed by atoms with E-state index in [2.05, 4.69) is 0 Å². The van der Waals surface area contributed by atoms with E-state index in [1.54, 1.807) is 18.2 Å². The maximum absolute atomic E-state index is 10.4. The third kappa shape index (κ3) is 1.65. The molecular formula is C8H6ClNO.